The van der Waals surface area contributed by atoms with Crippen LogP contribution >= 0.6 is 11.3 Å². The summed E-state index contributed by atoms with van der Waals surface area (Å²) < 4.78 is 33.4. The SMILES string of the molecule is Cc1sc(-c2noc(C(=O)N3CCCC3)n2)cc1S(=O)(=O)NCCC1=CCCCC1. The number of nitrogens with one attached hydrogen (secondary N) is 1. The van der Waals surface area contributed by atoms with Crippen LogP contribution in [0, 0.1) is 6.92 Å². The largest absolute Gasteiger partial charge is 0.334 e. The van der Waals surface area contributed by atoms with Gasteiger partial charge in [-0.2, -0.15) is 4.98 Å². The fourth-order valence-corrected chi connectivity index (χ4v) is 6.41. The molecule has 0 spiro atoms. The Labute approximate surface area is 180 Å². The molecule has 4 rings (SSSR count). The summed E-state index contributed by atoms with van der Waals surface area (Å²) in [6.07, 6.45) is 9.45. The minimum atomic E-state index is -3.63. The van der Waals surface area contributed by atoms with Gasteiger partial charge in [-0.15, -0.1) is 11.3 Å². The van der Waals surface area contributed by atoms with Crippen molar-refractivity contribution in [3.05, 3.63) is 28.5 Å². The zero-order valence-electron chi connectivity index (χ0n) is 17.0. The number of hydrogen-bond acceptors (Lipinski definition) is 7. The first-order chi connectivity index (χ1) is 14.4. The Kier molecular flexibility index (Phi) is 6.35. The Morgan fingerprint density at radius 1 is 1.27 bits per heavy atom. The Bertz CT molecular complexity index is 1050. The van der Waals surface area contributed by atoms with E-state index in [0.717, 1.165) is 32.1 Å². The third-order valence-electron chi connectivity index (χ3n) is 5.51. The second-order valence-electron chi connectivity index (χ2n) is 7.71. The summed E-state index contributed by atoms with van der Waals surface area (Å²) in [4.78, 5) is 19.7. The molecule has 0 unspecified atom stereocenters. The third-order valence-corrected chi connectivity index (χ3v) is 8.27. The number of hydrogen-bond donors (Lipinski definition) is 1. The molecule has 2 aromatic rings. The Hall–Kier alpha value is -2.04. The summed E-state index contributed by atoms with van der Waals surface area (Å²) in [5, 5.41) is 3.89. The average molecular weight is 451 g/mol. The van der Waals surface area contributed by atoms with E-state index in [-0.39, 0.29) is 22.5 Å². The predicted molar refractivity (Wildman–Crippen MR) is 114 cm³/mol. The highest BCUT2D eigenvalue weighted by molar-refractivity contribution is 7.89. The lowest BCUT2D eigenvalue weighted by Gasteiger charge is -2.13. The standard InChI is InChI=1S/C20H26N4O4S2/c1-14-17(30(26,27)21-10-9-15-7-3-2-4-8-15)13-16(29-14)18-22-19(28-23-18)20(25)24-11-5-6-12-24/h7,13,21H,2-6,8-12H2,1H3. The van der Waals surface area contributed by atoms with Gasteiger partial charge in [0.05, 0.1) is 9.77 Å². The lowest BCUT2D eigenvalue weighted by molar-refractivity contribution is 0.0743. The number of carbonyl (C=O) groups is 1. The number of carbonyl (C=O) groups excluding carboxylic acids is 1. The van der Waals surface area contributed by atoms with Crippen molar-refractivity contribution in [2.24, 2.45) is 0 Å². The number of amides is 1. The van der Waals surface area contributed by atoms with Crippen molar-refractivity contribution < 1.29 is 17.7 Å². The molecule has 0 radical (unpaired) electrons. The summed E-state index contributed by atoms with van der Waals surface area (Å²) in [6.45, 7) is 3.53. The van der Waals surface area contributed by atoms with Crippen LogP contribution in [0.4, 0.5) is 0 Å². The molecule has 3 heterocycles. The molecule has 1 fully saturated rings. The number of likely N-dealkylation sites (tertiary alicyclic amines) is 1. The van der Waals surface area contributed by atoms with Gasteiger partial charge in [-0.05, 0) is 57.9 Å². The van der Waals surface area contributed by atoms with Crippen molar-refractivity contribution >= 4 is 27.3 Å². The molecular weight excluding hydrogens is 424 g/mol. The lowest BCUT2D eigenvalue weighted by Crippen LogP contribution is -2.27. The summed E-state index contributed by atoms with van der Waals surface area (Å²) >= 11 is 1.27. The molecule has 10 heteroatoms. The highest BCUT2D eigenvalue weighted by Crippen LogP contribution is 2.32. The van der Waals surface area contributed by atoms with Crippen LogP contribution < -0.4 is 4.72 Å². The summed E-state index contributed by atoms with van der Waals surface area (Å²) in [7, 11) is -3.63. The molecule has 1 saturated heterocycles. The van der Waals surface area contributed by atoms with Gasteiger partial charge >= 0.3 is 11.8 Å². The molecule has 1 amide bonds. The second kappa shape index (κ2) is 8.99. The van der Waals surface area contributed by atoms with Crippen molar-refractivity contribution in [1.29, 1.82) is 0 Å². The van der Waals surface area contributed by atoms with E-state index < -0.39 is 10.0 Å². The molecule has 1 N–H and O–H groups in total. The van der Waals surface area contributed by atoms with Crippen LogP contribution in [-0.2, 0) is 10.0 Å². The normalized spacial score (nSPS) is 17.4. The molecule has 2 aliphatic rings. The topological polar surface area (TPSA) is 105 Å². The van der Waals surface area contributed by atoms with Gasteiger partial charge in [-0.3, -0.25) is 4.79 Å². The fraction of sp³-hybridized carbons (Fsp3) is 0.550. The summed E-state index contributed by atoms with van der Waals surface area (Å²) in [5.41, 5.74) is 1.33. The van der Waals surface area contributed by atoms with Gasteiger partial charge in [0.25, 0.3) is 0 Å². The predicted octanol–water partition coefficient (Wildman–Crippen LogP) is 3.51. The molecule has 30 heavy (non-hydrogen) atoms. The molecule has 1 aliphatic carbocycles. The number of rotatable bonds is 7. The van der Waals surface area contributed by atoms with Gasteiger partial charge < -0.3 is 9.42 Å². The number of thiophene rings is 1. The molecule has 162 valence electrons. The van der Waals surface area contributed by atoms with Crippen molar-refractivity contribution in [2.75, 3.05) is 19.6 Å². The minimum absolute atomic E-state index is 0.0544. The Balaban J connectivity index is 1.44. The molecule has 1 aliphatic heterocycles. The lowest BCUT2D eigenvalue weighted by atomic mass is 9.97. The van der Waals surface area contributed by atoms with Gasteiger partial charge in [0.1, 0.15) is 0 Å². The highest BCUT2D eigenvalue weighted by atomic mass is 32.2. The number of sulfonamides is 1. The van der Waals surface area contributed by atoms with Crippen molar-refractivity contribution in [3.8, 4) is 10.7 Å². The number of aryl methyl sites for hydroxylation is 1. The fourth-order valence-electron chi connectivity index (χ4n) is 3.86. The number of nitrogens with zero attached hydrogens (tertiary/aromatic N) is 3. The van der Waals surface area contributed by atoms with Crippen LogP contribution in [0.5, 0.6) is 0 Å². The molecule has 0 saturated carbocycles. The number of aromatic nitrogens is 2. The average Bonchev–Trinajstić information content (AvgIpc) is 3.48. The van der Waals surface area contributed by atoms with Crippen LogP contribution in [-0.4, -0.2) is 49.0 Å². The van der Waals surface area contributed by atoms with Gasteiger partial charge in [0, 0.05) is 24.5 Å². The first-order valence-electron chi connectivity index (χ1n) is 10.4. The van der Waals surface area contributed by atoms with E-state index in [1.165, 1.54) is 29.8 Å². The summed E-state index contributed by atoms with van der Waals surface area (Å²) in [5.74, 6) is -0.0910. The van der Waals surface area contributed by atoms with Crippen molar-refractivity contribution in [2.45, 2.75) is 56.8 Å². The van der Waals surface area contributed by atoms with E-state index in [9.17, 15) is 13.2 Å². The minimum Gasteiger partial charge on any atom is -0.334 e. The van der Waals surface area contributed by atoms with Gasteiger partial charge in [-0.25, -0.2) is 13.1 Å². The van der Waals surface area contributed by atoms with Crippen molar-refractivity contribution in [3.63, 3.8) is 0 Å². The zero-order valence-corrected chi connectivity index (χ0v) is 18.6. The van der Waals surface area contributed by atoms with Crippen LogP contribution in [0.3, 0.4) is 0 Å². The maximum absolute atomic E-state index is 12.8. The van der Waals surface area contributed by atoms with Crippen LogP contribution in [0.25, 0.3) is 10.7 Å². The maximum Gasteiger partial charge on any atom is 0.316 e. The quantitative estimate of drug-likeness (QED) is 0.647. The molecular formula is C20H26N4O4S2. The Morgan fingerprint density at radius 3 is 2.80 bits per heavy atom. The second-order valence-corrected chi connectivity index (χ2v) is 10.7. The zero-order chi connectivity index (χ0) is 21.1. The molecule has 0 aromatic carbocycles. The van der Waals surface area contributed by atoms with Crippen LogP contribution in [0.2, 0.25) is 0 Å². The van der Waals surface area contributed by atoms with E-state index in [2.05, 4.69) is 20.9 Å². The highest BCUT2D eigenvalue weighted by Gasteiger charge is 2.27. The van der Waals surface area contributed by atoms with E-state index in [1.807, 2.05) is 0 Å². The monoisotopic (exact) mass is 450 g/mol. The van der Waals surface area contributed by atoms with Crippen LogP contribution in [0.1, 0.15) is 60.5 Å². The van der Waals surface area contributed by atoms with E-state index in [4.69, 9.17) is 4.52 Å². The van der Waals surface area contributed by atoms with E-state index in [1.54, 1.807) is 17.9 Å². The van der Waals surface area contributed by atoms with Crippen molar-refractivity contribution in [1.82, 2.24) is 19.8 Å². The molecule has 8 nitrogen and oxygen atoms in total. The third kappa shape index (κ3) is 4.65. The Morgan fingerprint density at radius 2 is 2.07 bits per heavy atom. The maximum atomic E-state index is 12.8. The number of allylic oxidation sites excluding steroid dienone is 1. The first-order valence-corrected chi connectivity index (χ1v) is 12.7. The smallest absolute Gasteiger partial charge is 0.316 e. The van der Waals surface area contributed by atoms with Gasteiger partial charge in [0.2, 0.25) is 15.8 Å². The first kappa shape index (κ1) is 21.2. The summed E-state index contributed by atoms with van der Waals surface area (Å²) in [6, 6.07) is 1.55. The van der Waals surface area contributed by atoms with Crippen LogP contribution in [0.15, 0.2) is 27.1 Å². The molecule has 0 bridgehead atoms. The van der Waals surface area contributed by atoms with E-state index >= 15 is 0 Å². The van der Waals surface area contributed by atoms with Gasteiger partial charge in [0.15, 0.2) is 0 Å². The van der Waals surface area contributed by atoms with E-state index in [0.29, 0.717) is 29.4 Å². The van der Waals surface area contributed by atoms with Gasteiger partial charge in [-0.1, -0.05) is 16.8 Å². The molecule has 0 atom stereocenters. The molecule has 2 aromatic heterocycles.